The number of furan rings is 1. The fourth-order valence-electron chi connectivity index (χ4n) is 5.98. The van der Waals surface area contributed by atoms with Gasteiger partial charge in [0.2, 0.25) is 11.8 Å². The summed E-state index contributed by atoms with van der Waals surface area (Å²) in [5.74, 6) is -2.04. The number of carbonyl (C=O) groups is 4. The van der Waals surface area contributed by atoms with Crippen molar-refractivity contribution in [2.45, 2.75) is 58.6 Å². The number of Topliss-reactive ketones (excluding diaryl/α,β-unsaturated/α-hetero) is 1. The molecule has 0 unspecified atom stereocenters. The zero-order chi connectivity index (χ0) is 23.8. The first-order valence-corrected chi connectivity index (χ1v) is 11.3. The molecule has 172 valence electrons. The van der Waals surface area contributed by atoms with Crippen LogP contribution >= 0.6 is 0 Å². The average molecular weight is 450 g/mol. The van der Waals surface area contributed by atoms with Gasteiger partial charge in [-0.1, -0.05) is 11.6 Å². The molecule has 5 rings (SSSR count). The first-order valence-electron chi connectivity index (χ1n) is 11.3. The standard InChI is InChI=1S/C26H27NO6/c1-12-9-18(29)17-10-16-14(21(22(17)23(12)30)19-8-5-13(11-28)33-19)6-7-15-20(16)25(32)27(24(15)31)26(2,3)4/h5-6,8-9,15-16,20-21,28H,7,10-11H2,1-4H3/t15-,16+,20-,21+/m0/s1. The average Bonchev–Trinajstić information content (AvgIpc) is 3.32. The van der Waals surface area contributed by atoms with Crippen LogP contribution in [-0.2, 0) is 25.8 Å². The Kier molecular flexibility index (Phi) is 4.76. The molecule has 1 aromatic heterocycles. The van der Waals surface area contributed by atoms with Crippen LogP contribution in [0, 0.1) is 17.8 Å². The van der Waals surface area contributed by atoms with Gasteiger partial charge in [0.15, 0.2) is 11.6 Å². The number of imide groups is 1. The minimum absolute atomic E-state index is 0.175. The molecule has 1 N–H and O–H groups in total. The first-order chi connectivity index (χ1) is 15.5. The molecule has 33 heavy (non-hydrogen) atoms. The third-order valence-corrected chi connectivity index (χ3v) is 7.36. The lowest BCUT2D eigenvalue weighted by molar-refractivity contribution is -0.145. The van der Waals surface area contributed by atoms with Crippen LogP contribution in [0.15, 0.2) is 51.0 Å². The Morgan fingerprint density at radius 3 is 2.45 bits per heavy atom. The minimum atomic E-state index is -0.641. The summed E-state index contributed by atoms with van der Waals surface area (Å²) < 4.78 is 5.85. The van der Waals surface area contributed by atoms with E-state index < -0.39 is 23.3 Å². The lowest BCUT2D eigenvalue weighted by Crippen LogP contribution is -2.46. The predicted octanol–water partition coefficient (Wildman–Crippen LogP) is 3.00. The number of ketones is 2. The van der Waals surface area contributed by atoms with E-state index in [1.807, 2.05) is 26.8 Å². The smallest absolute Gasteiger partial charge is 0.234 e. The van der Waals surface area contributed by atoms with Crippen molar-refractivity contribution < 1.29 is 28.7 Å². The van der Waals surface area contributed by atoms with Gasteiger partial charge < -0.3 is 9.52 Å². The second kappa shape index (κ2) is 7.22. The molecule has 0 spiro atoms. The van der Waals surface area contributed by atoms with E-state index in [0.717, 1.165) is 5.57 Å². The van der Waals surface area contributed by atoms with Crippen LogP contribution in [0.4, 0.5) is 0 Å². The molecule has 2 amide bonds. The Balaban J connectivity index is 1.67. The third-order valence-electron chi connectivity index (χ3n) is 7.36. The molecule has 4 atom stereocenters. The van der Waals surface area contributed by atoms with Crippen molar-refractivity contribution in [1.29, 1.82) is 0 Å². The lowest BCUT2D eigenvalue weighted by atomic mass is 9.60. The molecule has 1 saturated heterocycles. The second-order valence-corrected chi connectivity index (χ2v) is 10.4. The molecule has 2 heterocycles. The largest absolute Gasteiger partial charge is 0.463 e. The number of nitrogens with zero attached hydrogens (tertiary/aromatic N) is 1. The van der Waals surface area contributed by atoms with Crippen molar-refractivity contribution >= 4 is 23.4 Å². The van der Waals surface area contributed by atoms with E-state index in [1.54, 1.807) is 19.1 Å². The summed E-state index contributed by atoms with van der Waals surface area (Å²) in [6.45, 7) is 6.87. The number of hydrogen-bond donors (Lipinski definition) is 1. The number of likely N-dealkylation sites (tertiary alicyclic amines) is 1. The van der Waals surface area contributed by atoms with Gasteiger partial charge in [-0.15, -0.1) is 0 Å². The van der Waals surface area contributed by atoms with Crippen molar-refractivity contribution in [3.8, 4) is 0 Å². The summed E-state index contributed by atoms with van der Waals surface area (Å²) >= 11 is 0. The SMILES string of the molecule is CC1=CC(=O)C2=C(C1=O)[C@@H](c1ccc(CO)o1)C1=CC[C@@H]3C(=O)N(C(C)(C)C)C(=O)[C@@H]3[C@@H]1C2. The Morgan fingerprint density at radius 2 is 1.82 bits per heavy atom. The van der Waals surface area contributed by atoms with Crippen LogP contribution in [0.3, 0.4) is 0 Å². The van der Waals surface area contributed by atoms with Crippen LogP contribution in [0.1, 0.15) is 58.0 Å². The normalized spacial score (nSPS) is 29.7. The second-order valence-electron chi connectivity index (χ2n) is 10.4. The van der Waals surface area contributed by atoms with E-state index in [9.17, 15) is 24.3 Å². The molecule has 4 aliphatic rings. The molecule has 7 heteroatoms. The number of rotatable bonds is 2. The molecule has 7 nitrogen and oxygen atoms in total. The van der Waals surface area contributed by atoms with Gasteiger partial charge in [0, 0.05) is 22.3 Å². The van der Waals surface area contributed by atoms with E-state index >= 15 is 0 Å². The molecule has 1 aromatic rings. The highest BCUT2D eigenvalue weighted by atomic mass is 16.4. The number of fused-ring (bicyclic) bond motifs is 3. The maximum Gasteiger partial charge on any atom is 0.234 e. The van der Waals surface area contributed by atoms with Gasteiger partial charge in [-0.05, 0) is 64.7 Å². The van der Waals surface area contributed by atoms with Crippen LogP contribution < -0.4 is 0 Å². The highest BCUT2D eigenvalue weighted by Gasteiger charge is 2.58. The fourth-order valence-corrected chi connectivity index (χ4v) is 5.98. The summed E-state index contributed by atoms with van der Waals surface area (Å²) in [6, 6.07) is 3.36. The Morgan fingerprint density at radius 1 is 1.09 bits per heavy atom. The van der Waals surface area contributed by atoms with Gasteiger partial charge in [-0.25, -0.2) is 0 Å². The predicted molar refractivity (Wildman–Crippen MR) is 118 cm³/mol. The van der Waals surface area contributed by atoms with Crippen LogP contribution in [0.25, 0.3) is 0 Å². The summed E-state index contributed by atoms with van der Waals surface area (Å²) in [6.07, 6.45) is 3.97. The van der Waals surface area contributed by atoms with Crippen LogP contribution in [0.5, 0.6) is 0 Å². The van der Waals surface area contributed by atoms with E-state index in [2.05, 4.69) is 0 Å². The number of allylic oxidation sites excluding steroid dienone is 6. The molecule has 0 aromatic carbocycles. The zero-order valence-corrected chi connectivity index (χ0v) is 19.2. The maximum absolute atomic E-state index is 13.5. The van der Waals surface area contributed by atoms with E-state index in [0.29, 0.717) is 34.7 Å². The minimum Gasteiger partial charge on any atom is -0.463 e. The molecule has 0 saturated carbocycles. The number of carbonyl (C=O) groups excluding carboxylic acids is 4. The Labute approximate surface area is 191 Å². The van der Waals surface area contributed by atoms with Gasteiger partial charge in [0.05, 0.1) is 17.8 Å². The number of aliphatic hydroxyl groups excluding tert-OH is 1. The lowest BCUT2D eigenvalue weighted by Gasteiger charge is -2.41. The molecule has 0 radical (unpaired) electrons. The summed E-state index contributed by atoms with van der Waals surface area (Å²) in [5, 5.41) is 9.50. The van der Waals surface area contributed by atoms with Crippen molar-refractivity contribution in [3.63, 3.8) is 0 Å². The van der Waals surface area contributed by atoms with E-state index in [1.165, 1.54) is 11.0 Å². The monoisotopic (exact) mass is 449 g/mol. The van der Waals surface area contributed by atoms with Crippen molar-refractivity contribution in [1.82, 2.24) is 4.90 Å². The summed E-state index contributed by atoms with van der Waals surface area (Å²) in [7, 11) is 0. The van der Waals surface area contributed by atoms with Crippen LogP contribution in [-0.4, -0.2) is 38.9 Å². The van der Waals surface area contributed by atoms with Crippen LogP contribution in [0.2, 0.25) is 0 Å². The summed E-state index contributed by atoms with van der Waals surface area (Å²) in [4.78, 5) is 54.4. The van der Waals surface area contributed by atoms with E-state index in [4.69, 9.17) is 4.42 Å². The van der Waals surface area contributed by atoms with Gasteiger partial charge in [-0.3, -0.25) is 24.1 Å². The van der Waals surface area contributed by atoms with Crippen molar-refractivity contribution in [3.05, 3.63) is 58.1 Å². The number of amides is 2. The van der Waals surface area contributed by atoms with E-state index in [-0.39, 0.29) is 42.3 Å². The molecular weight excluding hydrogens is 422 g/mol. The first kappa shape index (κ1) is 21.8. The molecule has 1 aliphatic heterocycles. The molecule has 1 fully saturated rings. The quantitative estimate of drug-likeness (QED) is 0.423. The maximum atomic E-state index is 13.5. The highest BCUT2D eigenvalue weighted by molar-refractivity contribution is 6.23. The van der Waals surface area contributed by atoms with Gasteiger partial charge in [-0.2, -0.15) is 0 Å². The number of hydrogen-bond acceptors (Lipinski definition) is 6. The van der Waals surface area contributed by atoms with Crippen molar-refractivity contribution in [2.75, 3.05) is 0 Å². The Bertz CT molecular complexity index is 1200. The zero-order valence-electron chi connectivity index (χ0n) is 19.2. The van der Waals surface area contributed by atoms with Gasteiger partial charge >= 0.3 is 0 Å². The molecule has 0 bridgehead atoms. The van der Waals surface area contributed by atoms with Crippen molar-refractivity contribution in [2.24, 2.45) is 17.8 Å². The third kappa shape index (κ3) is 3.05. The van der Waals surface area contributed by atoms with Gasteiger partial charge in [0.25, 0.3) is 0 Å². The Hall–Kier alpha value is -3.06. The molecular formula is C26H27NO6. The van der Waals surface area contributed by atoms with Gasteiger partial charge in [0.1, 0.15) is 18.1 Å². The molecule has 3 aliphatic carbocycles. The summed E-state index contributed by atoms with van der Waals surface area (Å²) in [5.41, 5.74) is 1.37. The highest BCUT2D eigenvalue weighted by Crippen LogP contribution is 2.55. The topological polar surface area (TPSA) is 105 Å². The fraction of sp³-hybridized carbons (Fsp3) is 0.462. The number of aliphatic hydroxyl groups is 1.